The molecular formula is C7H4BFO2. The van der Waals surface area contributed by atoms with Crippen molar-refractivity contribution in [3.05, 3.63) is 23.5 Å². The Morgan fingerprint density at radius 3 is 2.64 bits per heavy atom. The van der Waals surface area contributed by atoms with Crippen LogP contribution < -0.4 is 5.46 Å². The van der Waals surface area contributed by atoms with Crippen LogP contribution in [0.5, 0.6) is 5.75 Å². The summed E-state index contributed by atoms with van der Waals surface area (Å²) >= 11 is 0. The Hall–Kier alpha value is -1.32. The summed E-state index contributed by atoms with van der Waals surface area (Å²) in [5.74, 6) is -1.27. The number of phenols is 1. The van der Waals surface area contributed by atoms with Crippen LogP contribution in [-0.4, -0.2) is 19.2 Å². The van der Waals surface area contributed by atoms with Crippen molar-refractivity contribution >= 4 is 19.6 Å². The standard InChI is InChI=1S/C7H4BFO2/c8-5-1-2-6(11)4(3-10)7(5)9/h1-3,11H. The maximum atomic E-state index is 12.7. The van der Waals surface area contributed by atoms with Gasteiger partial charge in [0.25, 0.3) is 0 Å². The van der Waals surface area contributed by atoms with E-state index in [1.54, 1.807) is 0 Å². The van der Waals surface area contributed by atoms with E-state index in [0.29, 0.717) is 0 Å². The van der Waals surface area contributed by atoms with Crippen molar-refractivity contribution in [3.63, 3.8) is 0 Å². The first-order valence-corrected chi connectivity index (χ1v) is 2.89. The summed E-state index contributed by atoms with van der Waals surface area (Å²) in [4.78, 5) is 10.1. The van der Waals surface area contributed by atoms with Crippen LogP contribution in [0.4, 0.5) is 4.39 Å². The molecule has 0 bridgehead atoms. The minimum atomic E-state index is -0.875. The van der Waals surface area contributed by atoms with Crippen molar-refractivity contribution in [2.24, 2.45) is 0 Å². The Morgan fingerprint density at radius 2 is 2.18 bits per heavy atom. The van der Waals surface area contributed by atoms with E-state index < -0.39 is 17.1 Å². The molecule has 0 aliphatic carbocycles. The lowest BCUT2D eigenvalue weighted by molar-refractivity contribution is 0.111. The smallest absolute Gasteiger partial charge is 0.156 e. The molecule has 0 atom stereocenters. The molecule has 0 aromatic heterocycles. The van der Waals surface area contributed by atoms with Crippen LogP contribution in [0.1, 0.15) is 10.4 Å². The highest BCUT2D eigenvalue weighted by atomic mass is 19.1. The highest BCUT2D eigenvalue weighted by Crippen LogP contribution is 2.14. The van der Waals surface area contributed by atoms with E-state index in [1.165, 1.54) is 12.1 Å². The van der Waals surface area contributed by atoms with E-state index in [-0.39, 0.29) is 11.7 Å². The number of hydrogen-bond acceptors (Lipinski definition) is 2. The summed E-state index contributed by atoms with van der Waals surface area (Å²) in [5, 5.41) is 8.89. The molecule has 0 heterocycles. The predicted octanol–water partition coefficient (Wildman–Crippen LogP) is 0.138. The van der Waals surface area contributed by atoms with E-state index in [9.17, 15) is 9.18 Å². The molecule has 4 heteroatoms. The number of aromatic hydroxyl groups is 1. The molecule has 0 saturated heterocycles. The maximum Gasteiger partial charge on any atom is 0.156 e. The number of halogens is 1. The summed E-state index contributed by atoms with van der Waals surface area (Å²) < 4.78 is 12.7. The Morgan fingerprint density at radius 1 is 1.55 bits per heavy atom. The first-order chi connectivity index (χ1) is 5.16. The molecule has 0 spiro atoms. The van der Waals surface area contributed by atoms with Gasteiger partial charge in [-0.25, -0.2) is 4.39 Å². The third-order valence-electron chi connectivity index (χ3n) is 1.30. The fourth-order valence-electron chi connectivity index (χ4n) is 0.712. The Bertz CT molecular complexity index is 299. The minimum absolute atomic E-state index is 0.148. The first-order valence-electron chi connectivity index (χ1n) is 2.89. The van der Waals surface area contributed by atoms with Gasteiger partial charge in [0.1, 0.15) is 19.4 Å². The molecule has 0 fully saturated rings. The van der Waals surface area contributed by atoms with Crippen LogP contribution in [0.3, 0.4) is 0 Å². The molecule has 0 saturated carbocycles. The monoisotopic (exact) mass is 150 g/mol. The van der Waals surface area contributed by atoms with E-state index >= 15 is 0 Å². The maximum absolute atomic E-state index is 12.7. The number of rotatable bonds is 1. The van der Waals surface area contributed by atoms with Gasteiger partial charge in [-0.2, -0.15) is 0 Å². The Labute approximate surface area is 64.1 Å². The molecule has 11 heavy (non-hydrogen) atoms. The molecule has 0 aliphatic rings. The molecule has 1 N–H and O–H groups in total. The van der Waals surface area contributed by atoms with Gasteiger partial charge in [0.15, 0.2) is 6.29 Å². The number of hydrogen-bond donors (Lipinski definition) is 1. The molecule has 0 aliphatic heterocycles. The van der Waals surface area contributed by atoms with Crippen molar-refractivity contribution in [2.75, 3.05) is 0 Å². The number of aldehydes is 1. The zero-order valence-corrected chi connectivity index (χ0v) is 5.54. The molecular weight excluding hydrogens is 146 g/mol. The summed E-state index contributed by atoms with van der Waals surface area (Å²) in [5.41, 5.74) is -0.546. The predicted molar refractivity (Wildman–Crippen MR) is 38.8 cm³/mol. The minimum Gasteiger partial charge on any atom is -0.507 e. The molecule has 0 amide bonds. The third kappa shape index (κ3) is 1.24. The van der Waals surface area contributed by atoms with E-state index in [2.05, 4.69) is 0 Å². The highest BCUT2D eigenvalue weighted by Gasteiger charge is 2.07. The molecule has 1 aromatic rings. The van der Waals surface area contributed by atoms with Crippen molar-refractivity contribution in [1.82, 2.24) is 0 Å². The second-order valence-corrected chi connectivity index (χ2v) is 2.02. The van der Waals surface area contributed by atoms with E-state index in [1.807, 2.05) is 0 Å². The van der Waals surface area contributed by atoms with Gasteiger partial charge in [-0.3, -0.25) is 4.79 Å². The lowest BCUT2D eigenvalue weighted by Crippen LogP contribution is -2.10. The zero-order valence-electron chi connectivity index (χ0n) is 5.54. The van der Waals surface area contributed by atoms with Crippen LogP contribution in [0.15, 0.2) is 12.1 Å². The Kier molecular flexibility index (Phi) is 1.94. The fraction of sp³-hybridized carbons (Fsp3) is 0. The topological polar surface area (TPSA) is 37.3 Å². The Balaban J connectivity index is 3.40. The SMILES string of the molecule is [B]c1ccc(O)c(C=O)c1F. The van der Waals surface area contributed by atoms with Gasteiger partial charge >= 0.3 is 0 Å². The normalized spacial score (nSPS) is 9.55. The lowest BCUT2D eigenvalue weighted by atomic mass is 9.93. The van der Waals surface area contributed by atoms with Crippen LogP contribution in [-0.2, 0) is 0 Å². The van der Waals surface area contributed by atoms with Crippen LogP contribution in [0.25, 0.3) is 0 Å². The molecule has 0 unspecified atom stereocenters. The second kappa shape index (κ2) is 2.74. The average Bonchev–Trinajstić information content (AvgIpc) is 1.99. The third-order valence-corrected chi connectivity index (χ3v) is 1.30. The molecule has 1 aromatic carbocycles. The van der Waals surface area contributed by atoms with Crippen LogP contribution in [0.2, 0.25) is 0 Å². The average molecular weight is 150 g/mol. The lowest BCUT2D eigenvalue weighted by Gasteiger charge is -2.00. The van der Waals surface area contributed by atoms with Gasteiger partial charge in [0.2, 0.25) is 0 Å². The second-order valence-electron chi connectivity index (χ2n) is 2.02. The molecule has 1 rings (SSSR count). The molecule has 2 nitrogen and oxygen atoms in total. The number of benzene rings is 1. The summed E-state index contributed by atoms with van der Waals surface area (Å²) in [7, 11) is 5.12. The van der Waals surface area contributed by atoms with Crippen molar-refractivity contribution in [3.8, 4) is 5.75 Å². The van der Waals surface area contributed by atoms with Gasteiger partial charge in [-0.05, 0) is 6.07 Å². The van der Waals surface area contributed by atoms with Gasteiger partial charge in [-0.15, -0.1) is 0 Å². The van der Waals surface area contributed by atoms with Crippen molar-refractivity contribution < 1.29 is 14.3 Å². The number of carbonyl (C=O) groups is 1. The van der Waals surface area contributed by atoms with Gasteiger partial charge in [0, 0.05) is 0 Å². The fourth-order valence-corrected chi connectivity index (χ4v) is 0.712. The number of carbonyl (C=O) groups excluding carboxylic acids is 1. The van der Waals surface area contributed by atoms with Crippen LogP contribution in [0, 0.1) is 5.82 Å². The van der Waals surface area contributed by atoms with Gasteiger partial charge in [0.05, 0.1) is 5.56 Å². The molecule has 54 valence electrons. The first kappa shape index (κ1) is 7.79. The van der Waals surface area contributed by atoms with Crippen LogP contribution >= 0.6 is 0 Å². The van der Waals surface area contributed by atoms with Crippen molar-refractivity contribution in [2.45, 2.75) is 0 Å². The quantitative estimate of drug-likeness (QED) is 0.456. The summed E-state index contributed by atoms with van der Waals surface area (Å²) in [6.45, 7) is 0. The van der Waals surface area contributed by atoms with E-state index in [4.69, 9.17) is 13.0 Å². The van der Waals surface area contributed by atoms with Gasteiger partial charge < -0.3 is 5.11 Å². The zero-order chi connectivity index (χ0) is 8.43. The van der Waals surface area contributed by atoms with Gasteiger partial charge in [-0.1, -0.05) is 11.5 Å². The summed E-state index contributed by atoms with van der Waals surface area (Å²) in [6, 6.07) is 2.36. The van der Waals surface area contributed by atoms with E-state index in [0.717, 1.165) is 0 Å². The highest BCUT2D eigenvalue weighted by molar-refractivity contribution is 6.32. The summed E-state index contributed by atoms with van der Waals surface area (Å²) in [6.07, 6.45) is 0.223. The molecule has 2 radical (unpaired) electrons. The number of phenolic OH excluding ortho intramolecular Hbond substituents is 1. The largest absolute Gasteiger partial charge is 0.507 e. The van der Waals surface area contributed by atoms with Crippen molar-refractivity contribution in [1.29, 1.82) is 0 Å².